The number of esters is 1. The van der Waals surface area contributed by atoms with Crippen molar-refractivity contribution in [2.24, 2.45) is 5.41 Å². The number of carbonyl (C=O) groups is 2. The SMILES string of the molecule is CCCCOC(=O)c1cccc(NC(=S)NC(=O)C(C)(C)C)c1. The van der Waals surface area contributed by atoms with Gasteiger partial charge in [-0.1, -0.05) is 40.2 Å². The molecular formula is C17H24N2O3S. The van der Waals surface area contributed by atoms with E-state index in [1.165, 1.54) is 0 Å². The largest absolute Gasteiger partial charge is 0.462 e. The van der Waals surface area contributed by atoms with Gasteiger partial charge in [-0.05, 0) is 36.8 Å². The Kier molecular flexibility index (Phi) is 7.16. The van der Waals surface area contributed by atoms with E-state index in [0.29, 0.717) is 17.9 Å². The first-order chi connectivity index (χ1) is 10.7. The third kappa shape index (κ3) is 6.78. The third-order valence-electron chi connectivity index (χ3n) is 3.00. The molecule has 0 aromatic heterocycles. The summed E-state index contributed by atoms with van der Waals surface area (Å²) in [5, 5.41) is 5.72. The fourth-order valence-corrected chi connectivity index (χ4v) is 1.78. The van der Waals surface area contributed by atoms with Crippen molar-refractivity contribution < 1.29 is 14.3 Å². The van der Waals surface area contributed by atoms with Crippen LogP contribution in [0, 0.1) is 5.41 Å². The minimum absolute atomic E-state index is 0.176. The summed E-state index contributed by atoms with van der Waals surface area (Å²) in [6, 6.07) is 6.81. The minimum Gasteiger partial charge on any atom is -0.462 e. The van der Waals surface area contributed by atoms with Crippen LogP contribution in [-0.2, 0) is 9.53 Å². The molecule has 0 radical (unpaired) electrons. The first-order valence-electron chi connectivity index (χ1n) is 7.63. The van der Waals surface area contributed by atoms with Crippen LogP contribution in [0.5, 0.6) is 0 Å². The van der Waals surface area contributed by atoms with E-state index in [9.17, 15) is 9.59 Å². The highest BCUT2D eigenvalue weighted by Crippen LogP contribution is 2.14. The van der Waals surface area contributed by atoms with Crippen LogP contribution in [0.2, 0.25) is 0 Å². The minimum atomic E-state index is -0.531. The van der Waals surface area contributed by atoms with E-state index >= 15 is 0 Å². The molecule has 0 spiro atoms. The molecule has 6 heteroatoms. The second kappa shape index (κ2) is 8.62. The molecule has 0 aliphatic heterocycles. The molecule has 5 nitrogen and oxygen atoms in total. The summed E-state index contributed by atoms with van der Waals surface area (Å²) >= 11 is 5.12. The van der Waals surface area contributed by atoms with Crippen LogP contribution in [0.4, 0.5) is 5.69 Å². The fraction of sp³-hybridized carbons (Fsp3) is 0.471. The van der Waals surface area contributed by atoms with Crippen LogP contribution in [0.3, 0.4) is 0 Å². The summed E-state index contributed by atoms with van der Waals surface area (Å²) in [5.41, 5.74) is 0.529. The molecule has 2 N–H and O–H groups in total. The molecule has 1 aromatic carbocycles. The molecule has 0 unspecified atom stereocenters. The lowest BCUT2D eigenvalue weighted by atomic mass is 9.96. The summed E-state index contributed by atoms with van der Waals surface area (Å²) in [6.45, 7) is 7.85. The van der Waals surface area contributed by atoms with E-state index in [2.05, 4.69) is 10.6 Å². The molecule has 0 aliphatic rings. The molecule has 0 fully saturated rings. The second-order valence-corrected chi connectivity index (χ2v) is 6.64. The van der Waals surface area contributed by atoms with Crippen molar-refractivity contribution in [1.29, 1.82) is 0 Å². The Morgan fingerprint density at radius 1 is 1.26 bits per heavy atom. The van der Waals surface area contributed by atoms with Crippen molar-refractivity contribution in [3.8, 4) is 0 Å². The normalized spacial score (nSPS) is 10.8. The second-order valence-electron chi connectivity index (χ2n) is 6.23. The number of rotatable bonds is 5. The van der Waals surface area contributed by atoms with Crippen LogP contribution in [-0.4, -0.2) is 23.6 Å². The third-order valence-corrected chi connectivity index (χ3v) is 3.20. The number of ether oxygens (including phenoxy) is 1. The molecule has 0 bridgehead atoms. The Bertz CT molecular complexity index is 579. The zero-order valence-electron chi connectivity index (χ0n) is 14.1. The van der Waals surface area contributed by atoms with Crippen LogP contribution in [0.15, 0.2) is 24.3 Å². The predicted octanol–water partition coefficient (Wildman–Crippen LogP) is 3.50. The molecule has 0 saturated heterocycles. The summed E-state index contributed by atoms with van der Waals surface area (Å²) in [5.74, 6) is -0.545. The lowest BCUT2D eigenvalue weighted by Gasteiger charge is -2.18. The van der Waals surface area contributed by atoms with Gasteiger partial charge in [-0.25, -0.2) is 4.79 Å². The van der Waals surface area contributed by atoms with E-state index in [1.54, 1.807) is 45.0 Å². The average molecular weight is 336 g/mol. The van der Waals surface area contributed by atoms with Gasteiger partial charge in [-0.3, -0.25) is 4.79 Å². The standard InChI is InChI=1S/C17H24N2O3S/c1-5-6-10-22-14(20)12-8-7-9-13(11-12)18-16(23)19-15(21)17(2,3)4/h7-9,11H,5-6,10H2,1-4H3,(H2,18,19,21,23). The highest BCUT2D eigenvalue weighted by molar-refractivity contribution is 7.80. The van der Waals surface area contributed by atoms with Gasteiger partial charge in [0, 0.05) is 11.1 Å². The molecule has 0 atom stereocenters. The number of unbranched alkanes of at least 4 members (excludes halogenated alkanes) is 1. The fourth-order valence-electron chi connectivity index (χ4n) is 1.57. The maximum atomic E-state index is 11.9. The lowest BCUT2D eigenvalue weighted by Crippen LogP contribution is -2.41. The van der Waals surface area contributed by atoms with Gasteiger partial charge in [0.25, 0.3) is 0 Å². The number of benzene rings is 1. The van der Waals surface area contributed by atoms with Crippen molar-refractivity contribution in [1.82, 2.24) is 5.32 Å². The molecule has 1 aromatic rings. The van der Waals surface area contributed by atoms with E-state index in [4.69, 9.17) is 17.0 Å². The van der Waals surface area contributed by atoms with Gasteiger partial charge in [0.15, 0.2) is 5.11 Å². The first kappa shape index (κ1) is 19.1. The highest BCUT2D eigenvalue weighted by atomic mass is 32.1. The van der Waals surface area contributed by atoms with Gasteiger partial charge in [0.05, 0.1) is 12.2 Å². The molecule has 0 saturated carbocycles. The monoisotopic (exact) mass is 336 g/mol. The summed E-state index contributed by atoms with van der Waals surface area (Å²) in [4.78, 5) is 23.8. The number of hydrogen-bond acceptors (Lipinski definition) is 4. The van der Waals surface area contributed by atoms with Gasteiger partial charge in [0.2, 0.25) is 5.91 Å². The molecule has 1 rings (SSSR count). The van der Waals surface area contributed by atoms with Gasteiger partial charge in [-0.2, -0.15) is 0 Å². The topological polar surface area (TPSA) is 67.4 Å². The van der Waals surface area contributed by atoms with E-state index < -0.39 is 5.41 Å². The van der Waals surface area contributed by atoms with Crippen LogP contribution < -0.4 is 10.6 Å². The number of anilines is 1. The van der Waals surface area contributed by atoms with E-state index in [1.807, 2.05) is 6.92 Å². The van der Waals surface area contributed by atoms with Gasteiger partial charge < -0.3 is 15.4 Å². The van der Waals surface area contributed by atoms with Crippen molar-refractivity contribution in [2.75, 3.05) is 11.9 Å². The molecular weight excluding hydrogens is 312 g/mol. The highest BCUT2D eigenvalue weighted by Gasteiger charge is 2.22. The Morgan fingerprint density at radius 2 is 1.96 bits per heavy atom. The van der Waals surface area contributed by atoms with E-state index in [0.717, 1.165) is 12.8 Å². The molecule has 23 heavy (non-hydrogen) atoms. The Hall–Kier alpha value is -1.95. The van der Waals surface area contributed by atoms with Crippen LogP contribution >= 0.6 is 12.2 Å². The first-order valence-corrected chi connectivity index (χ1v) is 8.04. The number of amides is 1. The lowest BCUT2D eigenvalue weighted by molar-refractivity contribution is -0.126. The van der Waals surface area contributed by atoms with Gasteiger partial charge in [0.1, 0.15) is 0 Å². The van der Waals surface area contributed by atoms with Crippen molar-refractivity contribution in [2.45, 2.75) is 40.5 Å². The Labute approximate surface area is 142 Å². The summed E-state index contributed by atoms with van der Waals surface area (Å²) < 4.78 is 5.17. The number of thiocarbonyl (C=S) groups is 1. The van der Waals surface area contributed by atoms with Gasteiger partial charge >= 0.3 is 5.97 Å². The average Bonchev–Trinajstić information content (AvgIpc) is 2.46. The molecule has 0 aliphatic carbocycles. The van der Waals surface area contributed by atoms with Crippen molar-refractivity contribution in [3.63, 3.8) is 0 Å². The maximum absolute atomic E-state index is 11.9. The Balaban J connectivity index is 2.65. The number of nitrogens with one attached hydrogen (secondary N) is 2. The van der Waals surface area contributed by atoms with Gasteiger partial charge in [-0.15, -0.1) is 0 Å². The Morgan fingerprint density at radius 3 is 2.57 bits per heavy atom. The molecule has 126 valence electrons. The smallest absolute Gasteiger partial charge is 0.338 e. The number of hydrogen-bond donors (Lipinski definition) is 2. The van der Waals surface area contributed by atoms with E-state index in [-0.39, 0.29) is 17.0 Å². The molecule has 1 amide bonds. The molecule has 0 heterocycles. The maximum Gasteiger partial charge on any atom is 0.338 e. The van der Waals surface area contributed by atoms with Crippen LogP contribution in [0.25, 0.3) is 0 Å². The van der Waals surface area contributed by atoms with Crippen LogP contribution in [0.1, 0.15) is 50.9 Å². The van der Waals surface area contributed by atoms with Crippen molar-refractivity contribution >= 4 is 34.9 Å². The summed E-state index contributed by atoms with van der Waals surface area (Å²) in [6.07, 6.45) is 1.81. The zero-order valence-corrected chi connectivity index (χ0v) is 14.9. The number of carbonyl (C=O) groups excluding carboxylic acids is 2. The van der Waals surface area contributed by atoms with Crippen molar-refractivity contribution in [3.05, 3.63) is 29.8 Å². The predicted molar refractivity (Wildman–Crippen MR) is 95.5 cm³/mol. The summed E-state index contributed by atoms with van der Waals surface area (Å²) in [7, 11) is 0. The quantitative estimate of drug-likeness (QED) is 0.489. The zero-order chi connectivity index (χ0) is 17.5.